The van der Waals surface area contributed by atoms with E-state index in [4.69, 9.17) is 0 Å². The van der Waals surface area contributed by atoms with Crippen molar-refractivity contribution in [3.05, 3.63) is 29.2 Å². The number of hydrogen-bond donors (Lipinski definition) is 1. The molecule has 2 unspecified atom stereocenters. The van der Waals surface area contributed by atoms with Gasteiger partial charge < -0.3 is 10.2 Å². The van der Waals surface area contributed by atoms with Gasteiger partial charge in [0.15, 0.2) is 0 Å². The van der Waals surface area contributed by atoms with Gasteiger partial charge in [0.25, 0.3) is 0 Å². The molecule has 1 aliphatic carbocycles. The Morgan fingerprint density at radius 3 is 2.79 bits per heavy atom. The van der Waals surface area contributed by atoms with Crippen molar-refractivity contribution in [3.8, 4) is 0 Å². The number of piperidine rings is 1. The maximum Gasteiger partial charge on any atom is 0.202 e. The van der Waals surface area contributed by atoms with E-state index in [1.807, 2.05) is 24.1 Å². The van der Waals surface area contributed by atoms with Crippen LogP contribution in [0.3, 0.4) is 0 Å². The van der Waals surface area contributed by atoms with E-state index < -0.39 is 16.0 Å². The predicted molar refractivity (Wildman–Crippen MR) is 93.4 cm³/mol. The first-order valence-corrected chi connectivity index (χ1v) is 10.2. The first kappa shape index (κ1) is 16.1. The van der Waals surface area contributed by atoms with Crippen LogP contribution in [0.1, 0.15) is 31.2 Å². The van der Waals surface area contributed by atoms with E-state index in [-0.39, 0.29) is 6.04 Å². The summed E-state index contributed by atoms with van der Waals surface area (Å²) in [5, 5.41) is 4.60. The summed E-state index contributed by atoms with van der Waals surface area (Å²) in [5.41, 5.74) is 2.26. The lowest BCUT2D eigenvalue weighted by Crippen LogP contribution is -2.46. The zero-order valence-electron chi connectivity index (χ0n) is 13.8. The number of nitrogens with one attached hydrogen (secondary N) is 1. The number of hydrogen-bond acceptors (Lipinski definition) is 4. The third-order valence-electron chi connectivity index (χ3n) is 5.23. The van der Waals surface area contributed by atoms with E-state index in [1.165, 1.54) is 18.2 Å². The highest BCUT2D eigenvalue weighted by Gasteiger charge is 2.35. The van der Waals surface area contributed by atoms with Crippen LogP contribution in [-0.4, -0.2) is 45.7 Å². The van der Waals surface area contributed by atoms with Gasteiger partial charge in [-0.3, -0.25) is 0 Å². The molecule has 1 aromatic carbocycles. The fraction of sp³-hybridized carbons (Fsp3) is 0.556. The molecule has 2 aliphatic heterocycles. The third kappa shape index (κ3) is 2.97. The summed E-state index contributed by atoms with van der Waals surface area (Å²) in [7, 11) is -1.54. The molecule has 0 radical (unpaired) electrons. The Morgan fingerprint density at radius 2 is 2.08 bits per heavy atom. The van der Waals surface area contributed by atoms with Gasteiger partial charge >= 0.3 is 0 Å². The molecule has 0 aromatic heterocycles. The topological polar surface area (TPSA) is 49.4 Å². The average molecular weight is 350 g/mol. The van der Waals surface area contributed by atoms with Crippen LogP contribution in [0.25, 0.3) is 5.57 Å². The van der Waals surface area contributed by atoms with Crippen molar-refractivity contribution in [2.75, 3.05) is 25.5 Å². The lowest BCUT2D eigenvalue weighted by atomic mass is 10.00. The van der Waals surface area contributed by atoms with Gasteiger partial charge in [-0.1, -0.05) is 12.1 Å². The van der Waals surface area contributed by atoms with Gasteiger partial charge in [-0.25, -0.2) is 12.8 Å². The summed E-state index contributed by atoms with van der Waals surface area (Å²) in [6, 6.07) is 5.16. The number of benzene rings is 1. The Kier molecular flexibility index (Phi) is 3.92. The first-order valence-electron chi connectivity index (χ1n) is 8.62. The van der Waals surface area contributed by atoms with Crippen molar-refractivity contribution in [2.45, 2.75) is 42.8 Å². The third-order valence-corrected chi connectivity index (χ3v) is 6.84. The molecule has 24 heavy (non-hydrogen) atoms. The van der Waals surface area contributed by atoms with Gasteiger partial charge in [-0.2, -0.15) is 0 Å². The number of anilines is 1. The summed E-state index contributed by atoms with van der Waals surface area (Å²) in [4.78, 5) is 2.30. The minimum Gasteiger partial charge on any atom is -0.378 e. The van der Waals surface area contributed by atoms with E-state index in [1.54, 1.807) is 6.07 Å². The molecule has 2 atom stereocenters. The van der Waals surface area contributed by atoms with Gasteiger partial charge in [0.2, 0.25) is 9.84 Å². The van der Waals surface area contributed by atoms with Crippen LogP contribution >= 0.6 is 0 Å². The molecule has 1 saturated heterocycles. The molecule has 2 heterocycles. The normalized spacial score (nSPS) is 29.2. The van der Waals surface area contributed by atoms with Crippen LogP contribution in [-0.2, 0) is 9.84 Å². The molecular formula is C18H23FN2O2S. The van der Waals surface area contributed by atoms with E-state index >= 15 is 0 Å². The second-order valence-electron chi connectivity index (χ2n) is 7.34. The van der Waals surface area contributed by atoms with E-state index in [0.717, 1.165) is 24.1 Å². The molecule has 0 spiro atoms. The smallest absolute Gasteiger partial charge is 0.202 e. The molecule has 2 fully saturated rings. The average Bonchev–Trinajstić information content (AvgIpc) is 3.28. The number of fused-ring (bicyclic) bond motifs is 1. The second kappa shape index (κ2) is 5.85. The Balaban J connectivity index is 1.63. The Bertz CT molecular complexity index is 786. The van der Waals surface area contributed by atoms with Crippen LogP contribution in [0.5, 0.6) is 0 Å². The van der Waals surface area contributed by atoms with Crippen LogP contribution in [0.15, 0.2) is 28.5 Å². The van der Waals surface area contributed by atoms with Crippen LogP contribution < -0.4 is 5.32 Å². The van der Waals surface area contributed by atoms with Crippen molar-refractivity contribution in [1.29, 1.82) is 0 Å². The van der Waals surface area contributed by atoms with Gasteiger partial charge in [-0.15, -0.1) is 0 Å². The maximum atomic E-state index is 14.3. The number of alkyl halides is 1. The number of nitrogens with zero attached hydrogens (tertiary/aromatic N) is 1. The van der Waals surface area contributed by atoms with Gasteiger partial charge in [0.1, 0.15) is 11.1 Å². The minimum absolute atomic E-state index is 0.338. The first-order chi connectivity index (χ1) is 11.4. The highest BCUT2D eigenvalue weighted by Crippen LogP contribution is 2.45. The summed E-state index contributed by atoms with van der Waals surface area (Å²) >= 11 is 0. The standard InChI is InChI=1S/C18H23FN2O2S/c1-21-8-7-16(15(19)10-21)20-17-4-2-3-14-13(9-12-5-6-12)11-24(22,23)18(14)17/h2-4,11-12,15-16,20H,5-10H2,1H3. The number of likely N-dealkylation sites (tertiary alicyclic amines) is 1. The van der Waals surface area contributed by atoms with Gasteiger partial charge in [0.05, 0.1) is 11.7 Å². The van der Waals surface area contributed by atoms with Crippen LogP contribution in [0, 0.1) is 5.92 Å². The highest BCUT2D eigenvalue weighted by molar-refractivity contribution is 7.95. The van der Waals surface area contributed by atoms with Gasteiger partial charge in [0, 0.05) is 18.5 Å². The zero-order valence-corrected chi connectivity index (χ0v) is 14.7. The second-order valence-corrected chi connectivity index (χ2v) is 9.07. The highest BCUT2D eigenvalue weighted by atomic mass is 32.2. The zero-order chi connectivity index (χ0) is 16.9. The molecule has 6 heteroatoms. The molecule has 0 bridgehead atoms. The quantitative estimate of drug-likeness (QED) is 0.907. The van der Waals surface area contributed by atoms with Crippen LogP contribution in [0.4, 0.5) is 10.1 Å². The van der Waals surface area contributed by atoms with Gasteiger partial charge in [-0.05, 0) is 55.9 Å². The van der Waals surface area contributed by atoms with Crippen molar-refractivity contribution in [2.24, 2.45) is 5.92 Å². The molecule has 1 N–H and O–H groups in total. The maximum absolute atomic E-state index is 14.3. The summed E-state index contributed by atoms with van der Waals surface area (Å²) < 4.78 is 39.6. The fourth-order valence-electron chi connectivity index (χ4n) is 3.73. The molecule has 3 aliphatic rings. The number of allylic oxidation sites excluding steroid dienone is 1. The molecular weight excluding hydrogens is 327 g/mol. The van der Waals surface area contributed by atoms with E-state index in [0.29, 0.717) is 29.5 Å². The number of sulfone groups is 1. The molecule has 4 rings (SSSR count). The Labute approximate surface area is 142 Å². The van der Waals surface area contributed by atoms with Crippen molar-refractivity contribution in [3.63, 3.8) is 0 Å². The monoisotopic (exact) mass is 350 g/mol. The molecule has 1 saturated carbocycles. The SMILES string of the molecule is CN1CCC(Nc2cccc3c2S(=O)(=O)C=C3CC2CC2)C(F)C1. The van der Waals surface area contributed by atoms with Crippen molar-refractivity contribution >= 4 is 21.1 Å². The summed E-state index contributed by atoms with van der Waals surface area (Å²) in [5.74, 6) is 0.623. The minimum atomic E-state index is -3.44. The molecule has 0 amide bonds. The lowest BCUT2D eigenvalue weighted by Gasteiger charge is -2.33. The molecule has 4 nitrogen and oxygen atoms in total. The Hall–Kier alpha value is -1.40. The fourth-order valence-corrected chi connectivity index (χ4v) is 5.38. The van der Waals surface area contributed by atoms with E-state index in [2.05, 4.69) is 5.32 Å². The largest absolute Gasteiger partial charge is 0.378 e. The molecule has 1 aromatic rings. The van der Waals surface area contributed by atoms with Crippen molar-refractivity contribution in [1.82, 2.24) is 4.90 Å². The Morgan fingerprint density at radius 1 is 1.29 bits per heavy atom. The number of rotatable bonds is 4. The van der Waals surface area contributed by atoms with Crippen molar-refractivity contribution < 1.29 is 12.8 Å². The summed E-state index contributed by atoms with van der Waals surface area (Å²) in [6.07, 6.45) is 2.87. The number of halogens is 1. The van der Waals surface area contributed by atoms with E-state index in [9.17, 15) is 12.8 Å². The summed E-state index contributed by atoms with van der Waals surface area (Å²) in [6.45, 7) is 1.19. The predicted octanol–water partition coefficient (Wildman–Crippen LogP) is 3.07. The van der Waals surface area contributed by atoms with Crippen LogP contribution in [0.2, 0.25) is 0 Å². The molecule has 130 valence electrons. The lowest BCUT2D eigenvalue weighted by molar-refractivity contribution is 0.149.